The van der Waals surface area contributed by atoms with Gasteiger partial charge in [0.05, 0.1) is 5.56 Å². The number of nitrogens with zero attached hydrogens (tertiary/aromatic N) is 2. The van der Waals surface area contributed by atoms with Crippen LogP contribution in [0.4, 0.5) is 0 Å². The third-order valence-electron chi connectivity index (χ3n) is 2.37. The number of carbonyl (C=O) groups is 2. The zero-order chi connectivity index (χ0) is 13.7. The summed E-state index contributed by atoms with van der Waals surface area (Å²) in [4.78, 5) is 28.6. The summed E-state index contributed by atoms with van der Waals surface area (Å²) >= 11 is 0. The number of carboxylic acids is 1. The molecule has 1 aromatic rings. The van der Waals surface area contributed by atoms with Gasteiger partial charge in [0.15, 0.2) is 0 Å². The maximum Gasteiger partial charge on any atom is 0.338 e. The van der Waals surface area contributed by atoms with Crippen molar-refractivity contribution in [2.24, 2.45) is 0 Å². The van der Waals surface area contributed by atoms with Gasteiger partial charge in [0.1, 0.15) is 5.69 Å². The monoisotopic (exact) mass is 248 g/mol. The van der Waals surface area contributed by atoms with E-state index in [4.69, 9.17) is 5.11 Å². The molecule has 0 spiro atoms. The molecule has 0 aromatic carbocycles. The molecule has 0 aliphatic heterocycles. The van der Waals surface area contributed by atoms with Crippen molar-refractivity contribution in [3.63, 3.8) is 0 Å². The van der Waals surface area contributed by atoms with Crippen LogP contribution in [-0.2, 0) is 0 Å². The van der Waals surface area contributed by atoms with E-state index in [1.54, 1.807) is 0 Å². The zero-order valence-electron chi connectivity index (χ0n) is 10.5. The van der Waals surface area contributed by atoms with Crippen molar-refractivity contribution in [1.29, 1.82) is 0 Å². The molecule has 5 nitrogen and oxygen atoms in total. The fourth-order valence-corrected chi connectivity index (χ4v) is 1.55. The van der Waals surface area contributed by atoms with Crippen molar-refractivity contribution in [1.82, 2.24) is 9.88 Å². The van der Waals surface area contributed by atoms with E-state index < -0.39 is 11.9 Å². The lowest BCUT2D eigenvalue weighted by atomic mass is 10.1. The highest BCUT2D eigenvalue weighted by molar-refractivity contribution is 6.03. The molecule has 0 unspecified atom stereocenters. The lowest BCUT2D eigenvalue weighted by Gasteiger charge is -2.21. The highest BCUT2D eigenvalue weighted by atomic mass is 16.4. The van der Waals surface area contributed by atoms with Gasteiger partial charge < -0.3 is 10.0 Å². The highest BCUT2D eigenvalue weighted by Crippen LogP contribution is 2.10. The van der Waals surface area contributed by atoms with Gasteiger partial charge >= 0.3 is 5.97 Å². The van der Waals surface area contributed by atoms with E-state index in [0.717, 1.165) is 5.57 Å². The molecule has 1 aromatic heterocycles. The number of pyridine rings is 1. The fourth-order valence-electron chi connectivity index (χ4n) is 1.55. The Bertz CT molecular complexity index is 483. The molecule has 18 heavy (non-hydrogen) atoms. The zero-order valence-corrected chi connectivity index (χ0v) is 10.5. The molecule has 1 rings (SSSR count). The average molecular weight is 248 g/mol. The maximum absolute atomic E-state index is 12.2. The standard InChI is InChI=1S/C13H16N2O3/c1-4-15(8-9(2)3)12(16)11-10(13(17)18)6-5-7-14-11/h5-7H,2,4,8H2,1,3H3,(H,17,18). The third-order valence-corrected chi connectivity index (χ3v) is 2.37. The number of amides is 1. The summed E-state index contributed by atoms with van der Waals surface area (Å²) < 4.78 is 0. The van der Waals surface area contributed by atoms with Crippen LogP contribution in [-0.4, -0.2) is 40.0 Å². The van der Waals surface area contributed by atoms with Crippen LogP contribution in [0.5, 0.6) is 0 Å². The molecular formula is C13H16N2O3. The average Bonchev–Trinajstić information content (AvgIpc) is 2.34. The van der Waals surface area contributed by atoms with Gasteiger partial charge in [-0.2, -0.15) is 0 Å². The first-order valence-electron chi connectivity index (χ1n) is 5.59. The number of carbonyl (C=O) groups excluding carboxylic acids is 1. The summed E-state index contributed by atoms with van der Waals surface area (Å²) in [5.41, 5.74) is 0.716. The number of rotatable bonds is 5. The van der Waals surface area contributed by atoms with E-state index in [0.29, 0.717) is 13.1 Å². The van der Waals surface area contributed by atoms with E-state index in [1.165, 1.54) is 23.2 Å². The van der Waals surface area contributed by atoms with Gasteiger partial charge in [-0.05, 0) is 26.0 Å². The predicted octanol–water partition coefficient (Wildman–Crippen LogP) is 1.82. The first-order chi connectivity index (χ1) is 8.47. The number of aromatic nitrogens is 1. The summed E-state index contributed by atoms with van der Waals surface area (Å²) in [6.07, 6.45) is 1.41. The Labute approximate surface area is 106 Å². The molecule has 0 bridgehead atoms. The molecule has 5 heteroatoms. The van der Waals surface area contributed by atoms with Gasteiger partial charge in [-0.1, -0.05) is 12.2 Å². The van der Waals surface area contributed by atoms with Crippen LogP contribution in [0.2, 0.25) is 0 Å². The minimum Gasteiger partial charge on any atom is -0.478 e. The minimum atomic E-state index is -1.15. The van der Waals surface area contributed by atoms with E-state index in [2.05, 4.69) is 11.6 Å². The smallest absolute Gasteiger partial charge is 0.338 e. The van der Waals surface area contributed by atoms with Crippen LogP contribution in [0.25, 0.3) is 0 Å². The van der Waals surface area contributed by atoms with E-state index in [-0.39, 0.29) is 11.3 Å². The number of aromatic carboxylic acids is 1. The molecule has 0 saturated carbocycles. The Morgan fingerprint density at radius 1 is 1.50 bits per heavy atom. The first kappa shape index (κ1) is 13.9. The number of hydrogen-bond acceptors (Lipinski definition) is 3. The topological polar surface area (TPSA) is 70.5 Å². The van der Waals surface area contributed by atoms with Crippen LogP contribution in [0.1, 0.15) is 34.7 Å². The third kappa shape index (κ3) is 3.16. The molecule has 0 fully saturated rings. The van der Waals surface area contributed by atoms with Crippen LogP contribution in [0.15, 0.2) is 30.5 Å². The summed E-state index contributed by atoms with van der Waals surface area (Å²) in [5.74, 6) is -1.55. The van der Waals surface area contributed by atoms with E-state index in [1.807, 2.05) is 13.8 Å². The second-order valence-corrected chi connectivity index (χ2v) is 3.98. The SMILES string of the molecule is C=C(C)CN(CC)C(=O)c1ncccc1C(=O)O. The van der Waals surface area contributed by atoms with E-state index in [9.17, 15) is 9.59 Å². The van der Waals surface area contributed by atoms with Crippen molar-refractivity contribution in [2.75, 3.05) is 13.1 Å². The van der Waals surface area contributed by atoms with Gasteiger partial charge in [0, 0.05) is 19.3 Å². The fraction of sp³-hybridized carbons (Fsp3) is 0.308. The minimum absolute atomic E-state index is 0.0342. The Morgan fingerprint density at radius 3 is 2.67 bits per heavy atom. The number of carboxylic acid groups (broad SMARTS) is 1. The van der Waals surface area contributed by atoms with Gasteiger partial charge in [0.2, 0.25) is 0 Å². The van der Waals surface area contributed by atoms with Crippen molar-refractivity contribution in [2.45, 2.75) is 13.8 Å². The molecular weight excluding hydrogens is 232 g/mol. The Kier molecular flexibility index (Phi) is 4.59. The van der Waals surface area contributed by atoms with Crippen LogP contribution in [0.3, 0.4) is 0 Å². The Morgan fingerprint density at radius 2 is 2.17 bits per heavy atom. The second-order valence-electron chi connectivity index (χ2n) is 3.98. The molecule has 0 saturated heterocycles. The first-order valence-corrected chi connectivity index (χ1v) is 5.59. The summed E-state index contributed by atoms with van der Waals surface area (Å²) in [5, 5.41) is 9.02. The molecule has 0 aliphatic rings. The van der Waals surface area contributed by atoms with Gasteiger partial charge in [-0.15, -0.1) is 0 Å². The lowest BCUT2D eigenvalue weighted by Crippen LogP contribution is -2.33. The van der Waals surface area contributed by atoms with Crippen molar-refractivity contribution in [3.8, 4) is 0 Å². The molecule has 1 heterocycles. The van der Waals surface area contributed by atoms with Crippen molar-refractivity contribution < 1.29 is 14.7 Å². The molecule has 0 radical (unpaired) electrons. The number of hydrogen-bond donors (Lipinski definition) is 1. The van der Waals surface area contributed by atoms with E-state index >= 15 is 0 Å². The Balaban J connectivity index is 3.09. The summed E-state index contributed by atoms with van der Waals surface area (Å²) in [7, 11) is 0. The van der Waals surface area contributed by atoms with Crippen molar-refractivity contribution >= 4 is 11.9 Å². The van der Waals surface area contributed by atoms with Crippen molar-refractivity contribution in [3.05, 3.63) is 41.7 Å². The number of likely N-dealkylation sites (N-methyl/N-ethyl adjacent to an activating group) is 1. The molecule has 96 valence electrons. The summed E-state index contributed by atoms with van der Waals surface area (Å²) in [6, 6.07) is 2.87. The quantitative estimate of drug-likeness (QED) is 0.807. The van der Waals surface area contributed by atoms with Crippen LogP contribution in [0, 0.1) is 0 Å². The predicted molar refractivity (Wildman–Crippen MR) is 67.6 cm³/mol. The second kappa shape index (κ2) is 5.95. The largest absolute Gasteiger partial charge is 0.478 e. The molecule has 1 amide bonds. The van der Waals surface area contributed by atoms with Gasteiger partial charge in [0.25, 0.3) is 5.91 Å². The maximum atomic E-state index is 12.2. The normalized spacial score (nSPS) is 9.89. The highest BCUT2D eigenvalue weighted by Gasteiger charge is 2.21. The Hall–Kier alpha value is -2.17. The van der Waals surface area contributed by atoms with Gasteiger partial charge in [-0.25, -0.2) is 4.79 Å². The lowest BCUT2D eigenvalue weighted by molar-refractivity contribution is 0.0676. The summed E-state index contributed by atoms with van der Waals surface area (Å²) in [6.45, 7) is 8.25. The van der Waals surface area contributed by atoms with Crippen LogP contribution >= 0.6 is 0 Å². The van der Waals surface area contributed by atoms with Gasteiger partial charge in [-0.3, -0.25) is 9.78 Å². The van der Waals surface area contributed by atoms with Crippen LogP contribution < -0.4 is 0 Å². The molecule has 0 aliphatic carbocycles. The molecule has 0 atom stereocenters. The molecule has 1 N–H and O–H groups in total.